The second-order valence-electron chi connectivity index (χ2n) is 1.87. The van der Waals surface area contributed by atoms with E-state index in [1.165, 1.54) is 0 Å². The van der Waals surface area contributed by atoms with Gasteiger partial charge in [0.1, 0.15) is 13.3 Å². The van der Waals surface area contributed by atoms with Gasteiger partial charge in [0.15, 0.2) is 5.84 Å². The van der Waals surface area contributed by atoms with Gasteiger partial charge in [0.2, 0.25) is 5.71 Å². The van der Waals surface area contributed by atoms with E-state index in [9.17, 15) is 9.18 Å². The molecule has 0 aliphatic rings. The summed E-state index contributed by atoms with van der Waals surface area (Å²) in [4.78, 5) is 15.1. The molecular formula is C6H10FN3O3. The summed E-state index contributed by atoms with van der Waals surface area (Å²) in [5.41, 5.74) is 4.50. The summed E-state index contributed by atoms with van der Waals surface area (Å²) in [7, 11) is 1.11. The molecule has 0 atom stereocenters. The maximum atomic E-state index is 11.5. The lowest BCUT2D eigenvalue weighted by Gasteiger charge is -2.01. The van der Waals surface area contributed by atoms with Crippen LogP contribution in [0.4, 0.5) is 4.39 Å². The summed E-state index contributed by atoms with van der Waals surface area (Å²) < 4.78 is 15.8. The Kier molecular flexibility index (Phi) is 5.17. The minimum atomic E-state index is -0.897. The van der Waals surface area contributed by atoms with Crippen LogP contribution in [0.15, 0.2) is 5.16 Å². The molecule has 0 aromatic carbocycles. The predicted octanol–water partition coefficient (Wildman–Crippen LogP) is -0.563. The maximum Gasteiger partial charge on any atom is 0.363 e. The largest absolute Gasteiger partial charge is 0.464 e. The molecule has 13 heavy (non-hydrogen) atoms. The van der Waals surface area contributed by atoms with E-state index in [4.69, 9.17) is 11.1 Å². The smallest absolute Gasteiger partial charge is 0.363 e. The fourth-order valence-electron chi connectivity index (χ4n) is 0.438. The van der Waals surface area contributed by atoms with E-state index in [1.54, 1.807) is 0 Å². The van der Waals surface area contributed by atoms with Crippen LogP contribution in [0, 0.1) is 5.41 Å². The van der Waals surface area contributed by atoms with Gasteiger partial charge < -0.3 is 15.3 Å². The molecule has 74 valence electrons. The number of amidine groups is 1. The van der Waals surface area contributed by atoms with Crippen molar-refractivity contribution in [2.24, 2.45) is 10.9 Å². The Hall–Kier alpha value is -1.66. The molecule has 0 aliphatic heterocycles. The van der Waals surface area contributed by atoms with Crippen molar-refractivity contribution in [2.45, 2.75) is 0 Å². The Morgan fingerprint density at radius 2 is 2.31 bits per heavy atom. The second-order valence-corrected chi connectivity index (χ2v) is 1.87. The third kappa shape index (κ3) is 4.04. The van der Waals surface area contributed by atoms with Gasteiger partial charge in [0.05, 0.1) is 7.11 Å². The number of oxime groups is 1. The van der Waals surface area contributed by atoms with Gasteiger partial charge in [-0.3, -0.25) is 5.41 Å². The number of alkyl halides is 1. The van der Waals surface area contributed by atoms with Gasteiger partial charge in [0, 0.05) is 0 Å². The van der Waals surface area contributed by atoms with Crippen molar-refractivity contribution in [3.8, 4) is 0 Å². The first-order valence-corrected chi connectivity index (χ1v) is 3.32. The highest BCUT2D eigenvalue weighted by atomic mass is 19.1. The van der Waals surface area contributed by atoms with Crippen molar-refractivity contribution in [3.05, 3.63) is 0 Å². The van der Waals surface area contributed by atoms with Crippen LogP contribution in [0.5, 0.6) is 0 Å². The van der Waals surface area contributed by atoms with Crippen LogP contribution in [0.2, 0.25) is 0 Å². The molecule has 0 fully saturated rings. The number of ether oxygens (including phenoxy) is 1. The van der Waals surface area contributed by atoms with E-state index >= 15 is 0 Å². The minimum Gasteiger partial charge on any atom is -0.464 e. The predicted molar refractivity (Wildman–Crippen MR) is 43.3 cm³/mol. The second kappa shape index (κ2) is 5.92. The number of carbonyl (C=O) groups excluding carboxylic acids is 1. The molecule has 0 unspecified atom stereocenters. The molecule has 7 heteroatoms. The van der Waals surface area contributed by atoms with Crippen molar-refractivity contribution in [3.63, 3.8) is 0 Å². The zero-order valence-electron chi connectivity index (χ0n) is 7.04. The van der Waals surface area contributed by atoms with E-state index < -0.39 is 24.2 Å². The number of nitrogens with two attached hydrogens (primary N) is 1. The molecule has 0 saturated carbocycles. The summed E-state index contributed by atoms with van der Waals surface area (Å²) >= 11 is 0. The molecule has 0 heterocycles. The summed E-state index contributed by atoms with van der Waals surface area (Å²) in [6.45, 7) is -1.04. The number of carbonyl (C=O) groups is 1. The standard InChI is InChI=1S/C6H10FN3O3/c1-12-6(11)4(5(8)9)10-13-3-2-7/h2-3H2,1H3,(H3,8,9). The van der Waals surface area contributed by atoms with Gasteiger partial charge in [-0.15, -0.1) is 0 Å². The molecule has 0 radical (unpaired) electrons. The van der Waals surface area contributed by atoms with E-state index in [1.807, 2.05) is 0 Å². The lowest BCUT2D eigenvalue weighted by molar-refractivity contribution is -0.132. The summed E-state index contributed by atoms with van der Waals surface area (Å²) in [5.74, 6) is -1.49. The molecular weight excluding hydrogens is 181 g/mol. The highest BCUT2D eigenvalue weighted by molar-refractivity contribution is 6.64. The Balaban J connectivity index is 4.32. The third-order valence-electron chi connectivity index (χ3n) is 0.958. The first-order chi connectivity index (χ1) is 6.13. The zero-order chi connectivity index (χ0) is 10.3. The SMILES string of the molecule is COC(=O)C(=NOCCF)C(=N)N. The minimum absolute atomic E-state index is 0.298. The van der Waals surface area contributed by atoms with Gasteiger partial charge in [-0.2, -0.15) is 0 Å². The zero-order valence-corrected chi connectivity index (χ0v) is 7.04. The lowest BCUT2D eigenvalue weighted by atomic mass is 10.3. The average molecular weight is 191 g/mol. The van der Waals surface area contributed by atoms with Crippen molar-refractivity contribution in [1.82, 2.24) is 0 Å². The number of halogens is 1. The normalized spacial score (nSPS) is 10.8. The van der Waals surface area contributed by atoms with Crippen molar-refractivity contribution in [2.75, 3.05) is 20.4 Å². The molecule has 0 aromatic rings. The number of hydrogen-bond donors (Lipinski definition) is 2. The van der Waals surface area contributed by atoms with E-state index in [0.717, 1.165) is 7.11 Å². The van der Waals surface area contributed by atoms with E-state index in [2.05, 4.69) is 14.7 Å². The van der Waals surface area contributed by atoms with E-state index in [0.29, 0.717) is 0 Å². The van der Waals surface area contributed by atoms with Crippen LogP contribution in [-0.2, 0) is 14.4 Å². The molecule has 0 spiro atoms. The van der Waals surface area contributed by atoms with E-state index in [-0.39, 0.29) is 6.61 Å². The fourth-order valence-corrected chi connectivity index (χ4v) is 0.438. The fraction of sp³-hybridized carbons (Fsp3) is 0.500. The maximum absolute atomic E-state index is 11.5. The van der Waals surface area contributed by atoms with Gasteiger partial charge in [-0.1, -0.05) is 5.16 Å². The Bertz CT molecular complexity index is 229. The molecule has 0 aliphatic carbocycles. The van der Waals surface area contributed by atoms with Crippen molar-refractivity contribution < 1.29 is 18.8 Å². The number of methoxy groups -OCH3 is 1. The molecule has 0 amide bonds. The van der Waals surface area contributed by atoms with Crippen LogP contribution < -0.4 is 5.73 Å². The Morgan fingerprint density at radius 1 is 1.69 bits per heavy atom. The molecule has 3 N–H and O–H groups in total. The first kappa shape index (κ1) is 11.3. The Morgan fingerprint density at radius 3 is 2.69 bits per heavy atom. The summed E-state index contributed by atoms with van der Waals surface area (Å²) in [6.07, 6.45) is 0. The van der Waals surface area contributed by atoms with Gasteiger partial charge in [0.25, 0.3) is 0 Å². The average Bonchev–Trinajstić information content (AvgIpc) is 2.11. The summed E-state index contributed by atoms with van der Waals surface area (Å²) in [5, 5.41) is 10.0. The quantitative estimate of drug-likeness (QED) is 0.200. The number of hydrogen-bond acceptors (Lipinski definition) is 5. The molecule has 0 aromatic heterocycles. The lowest BCUT2D eigenvalue weighted by Crippen LogP contribution is -2.31. The van der Waals surface area contributed by atoms with Crippen LogP contribution >= 0.6 is 0 Å². The number of nitrogens with one attached hydrogen (secondary N) is 1. The van der Waals surface area contributed by atoms with Crippen molar-refractivity contribution in [1.29, 1.82) is 5.41 Å². The highest BCUT2D eigenvalue weighted by Gasteiger charge is 2.15. The molecule has 6 nitrogen and oxygen atoms in total. The third-order valence-corrected chi connectivity index (χ3v) is 0.958. The van der Waals surface area contributed by atoms with Gasteiger partial charge >= 0.3 is 5.97 Å². The topological polar surface area (TPSA) is 97.8 Å². The Labute approximate surface area is 74.0 Å². The highest BCUT2D eigenvalue weighted by Crippen LogP contribution is 1.86. The van der Waals surface area contributed by atoms with Crippen LogP contribution in [-0.4, -0.2) is 37.9 Å². The molecule has 0 saturated heterocycles. The van der Waals surface area contributed by atoms with Crippen LogP contribution in [0.1, 0.15) is 0 Å². The molecule has 0 bridgehead atoms. The number of esters is 1. The first-order valence-electron chi connectivity index (χ1n) is 3.32. The number of nitrogens with zero attached hydrogens (tertiary/aromatic N) is 1. The van der Waals surface area contributed by atoms with Crippen LogP contribution in [0.3, 0.4) is 0 Å². The van der Waals surface area contributed by atoms with Crippen LogP contribution in [0.25, 0.3) is 0 Å². The van der Waals surface area contributed by atoms with Crippen molar-refractivity contribution >= 4 is 17.5 Å². The monoisotopic (exact) mass is 191 g/mol. The molecule has 0 rings (SSSR count). The van der Waals surface area contributed by atoms with Gasteiger partial charge in [-0.05, 0) is 0 Å². The van der Waals surface area contributed by atoms with Gasteiger partial charge in [-0.25, -0.2) is 9.18 Å². The number of rotatable bonds is 5. The summed E-state index contributed by atoms with van der Waals surface area (Å²) in [6, 6.07) is 0.